The van der Waals surface area contributed by atoms with Crippen molar-refractivity contribution in [2.75, 3.05) is 20.2 Å². The minimum atomic E-state index is -0.450. The van der Waals surface area contributed by atoms with Crippen LogP contribution in [0.4, 0.5) is 4.79 Å². The summed E-state index contributed by atoms with van der Waals surface area (Å²) >= 11 is 0. The van der Waals surface area contributed by atoms with Crippen molar-refractivity contribution in [3.8, 4) is 5.75 Å². The summed E-state index contributed by atoms with van der Waals surface area (Å²) in [6, 6.07) is 8.61. The first-order valence-corrected chi connectivity index (χ1v) is 8.67. The van der Waals surface area contributed by atoms with Crippen LogP contribution in [0.1, 0.15) is 52.1 Å². The molecule has 0 spiro atoms. The minimum Gasteiger partial charge on any atom is -0.497 e. The molecule has 1 aromatic rings. The lowest BCUT2D eigenvalue weighted by atomic mass is 10.1. The summed E-state index contributed by atoms with van der Waals surface area (Å²) in [5, 5.41) is 3.48. The topological polar surface area (TPSA) is 50.8 Å². The molecule has 5 heteroatoms. The van der Waals surface area contributed by atoms with Gasteiger partial charge in [0.15, 0.2) is 0 Å². The van der Waals surface area contributed by atoms with Gasteiger partial charge in [-0.05, 0) is 58.2 Å². The molecule has 0 aliphatic heterocycles. The molecule has 0 saturated heterocycles. The second kappa shape index (κ2) is 7.88. The zero-order chi connectivity index (χ0) is 17.7. The number of amides is 1. The van der Waals surface area contributed by atoms with Crippen molar-refractivity contribution in [1.29, 1.82) is 0 Å². The van der Waals surface area contributed by atoms with Gasteiger partial charge >= 0.3 is 6.09 Å². The Kier molecular flexibility index (Phi) is 6.10. The third-order valence-electron chi connectivity index (χ3n) is 4.03. The number of nitrogens with one attached hydrogen (secondary N) is 1. The van der Waals surface area contributed by atoms with Gasteiger partial charge in [-0.15, -0.1) is 0 Å². The molecule has 1 aliphatic carbocycles. The zero-order valence-corrected chi connectivity index (χ0v) is 15.5. The summed E-state index contributed by atoms with van der Waals surface area (Å²) < 4.78 is 10.7. The summed E-state index contributed by atoms with van der Waals surface area (Å²) in [5.41, 5.74) is 0.750. The SMILES string of the molecule is COc1ccc(C(C)NCCN(C(=O)OC(C)(C)C)C2CC2)cc1. The first kappa shape index (κ1) is 18.6. The first-order valence-electron chi connectivity index (χ1n) is 8.67. The maximum absolute atomic E-state index is 12.3. The summed E-state index contributed by atoms with van der Waals surface area (Å²) in [6.45, 7) is 9.24. The number of carbonyl (C=O) groups is 1. The lowest BCUT2D eigenvalue weighted by Crippen LogP contribution is -2.42. The Bertz CT molecular complexity index is 533. The molecule has 0 aromatic heterocycles. The minimum absolute atomic E-state index is 0.205. The number of rotatable bonds is 7. The molecule has 1 amide bonds. The number of hydrogen-bond acceptors (Lipinski definition) is 4. The molecule has 1 aromatic carbocycles. The van der Waals surface area contributed by atoms with E-state index < -0.39 is 5.60 Å². The van der Waals surface area contributed by atoms with Gasteiger partial charge in [0.05, 0.1) is 7.11 Å². The van der Waals surface area contributed by atoms with Crippen LogP contribution in [-0.4, -0.2) is 42.8 Å². The molecule has 1 unspecified atom stereocenters. The average Bonchev–Trinajstić information content (AvgIpc) is 3.34. The second-order valence-corrected chi connectivity index (χ2v) is 7.35. The van der Waals surface area contributed by atoms with Gasteiger partial charge in [-0.1, -0.05) is 12.1 Å². The fraction of sp³-hybridized carbons (Fsp3) is 0.632. The van der Waals surface area contributed by atoms with Gasteiger partial charge in [-0.25, -0.2) is 4.79 Å². The van der Waals surface area contributed by atoms with Gasteiger partial charge in [0.25, 0.3) is 0 Å². The summed E-state index contributed by atoms with van der Waals surface area (Å²) in [5.74, 6) is 0.857. The van der Waals surface area contributed by atoms with E-state index in [2.05, 4.69) is 24.4 Å². The molecule has 24 heavy (non-hydrogen) atoms. The largest absolute Gasteiger partial charge is 0.497 e. The van der Waals surface area contributed by atoms with E-state index in [1.54, 1.807) is 7.11 Å². The summed E-state index contributed by atoms with van der Waals surface area (Å²) in [4.78, 5) is 14.2. The van der Waals surface area contributed by atoms with Crippen molar-refractivity contribution < 1.29 is 14.3 Å². The number of ether oxygens (including phenoxy) is 2. The van der Waals surface area contributed by atoms with Gasteiger partial charge in [0, 0.05) is 25.2 Å². The van der Waals surface area contributed by atoms with Crippen LogP contribution in [0.5, 0.6) is 5.75 Å². The van der Waals surface area contributed by atoms with E-state index in [1.165, 1.54) is 5.56 Å². The number of benzene rings is 1. The quantitative estimate of drug-likeness (QED) is 0.825. The Hall–Kier alpha value is -1.75. The Morgan fingerprint density at radius 3 is 2.42 bits per heavy atom. The van der Waals surface area contributed by atoms with Crippen molar-refractivity contribution >= 4 is 6.09 Å². The van der Waals surface area contributed by atoms with Crippen LogP contribution in [0.2, 0.25) is 0 Å². The Labute approximate surface area is 145 Å². The number of methoxy groups -OCH3 is 1. The van der Waals surface area contributed by atoms with E-state index >= 15 is 0 Å². The smallest absolute Gasteiger partial charge is 0.410 e. The number of hydrogen-bond donors (Lipinski definition) is 1. The summed E-state index contributed by atoms with van der Waals surface area (Å²) in [7, 11) is 1.67. The highest BCUT2D eigenvalue weighted by Crippen LogP contribution is 2.28. The molecule has 1 aliphatic rings. The fourth-order valence-electron chi connectivity index (χ4n) is 2.54. The molecule has 1 saturated carbocycles. The van der Waals surface area contributed by atoms with Crippen molar-refractivity contribution in [3.63, 3.8) is 0 Å². The van der Waals surface area contributed by atoms with Crippen molar-refractivity contribution in [2.24, 2.45) is 0 Å². The zero-order valence-electron chi connectivity index (χ0n) is 15.5. The van der Waals surface area contributed by atoms with E-state index in [0.29, 0.717) is 12.6 Å². The lowest BCUT2D eigenvalue weighted by Gasteiger charge is -2.28. The molecule has 1 N–H and O–H groups in total. The van der Waals surface area contributed by atoms with Gasteiger partial charge in [-0.3, -0.25) is 0 Å². The third kappa shape index (κ3) is 5.71. The average molecular weight is 334 g/mol. The van der Waals surface area contributed by atoms with Crippen molar-refractivity contribution in [3.05, 3.63) is 29.8 Å². The van der Waals surface area contributed by atoms with Crippen LogP contribution in [0.25, 0.3) is 0 Å². The Morgan fingerprint density at radius 1 is 1.29 bits per heavy atom. The molecule has 5 nitrogen and oxygen atoms in total. The highest BCUT2D eigenvalue weighted by Gasteiger charge is 2.34. The summed E-state index contributed by atoms with van der Waals surface area (Å²) in [6.07, 6.45) is 1.95. The second-order valence-electron chi connectivity index (χ2n) is 7.35. The third-order valence-corrected chi connectivity index (χ3v) is 4.03. The maximum atomic E-state index is 12.3. The van der Waals surface area contributed by atoms with Crippen LogP contribution in [-0.2, 0) is 4.74 Å². The first-order chi connectivity index (χ1) is 11.3. The van der Waals surface area contributed by atoms with Gasteiger partial charge in [0.1, 0.15) is 11.4 Å². The van der Waals surface area contributed by atoms with E-state index in [0.717, 1.165) is 25.1 Å². The molecule has 2 rings (SSSR count). The van der Waals surface area contributed by atoms with E-state index in [4.69, 9.17) is 9.47 Å². The number of nitrogens with zero attached hydrogens (tertiary/aromatic N) is 1. The Morgan fingerprint density at radius 2 is 1.92 bits per heavy atom. The van der Waals surface area contributed by atoms with E-state index in [-0.39, 0.29) is 12.1 Å². The molecular formula is C19H30N2O3. The van der Waals surface area contributed by atoms with E-state index in [1.807, 2.05) is 37.8 Å². The molecule has 134 valence electrons. The van der Waals surface area contributed by atoms with Gasteiger partial charge < -0.3 is 19.7 Å². The van der Waals surface area contributed by atoms with Crippen molar-refractivity contribution in [2.45, 2.75) is 58.2 Å². The van der Waals surface area contributed by atoms with Crippen LogP contribution in [0.15, 0.2) is 24.3 Å². The lowest BCUT2D eigenvalue weighted by molar-refractivity contribution is 0.0235. The van der Waals surface area contributed by atoms with Crippen LogP contribution < -0.4 is 10.1 Å². The van der Waals surface area contributed by atoms with Crippen molar-refractivity contribution in [1.82, 2.24) is 10.2 Å². The van der Waals surface area contributed by atoms with Gasteiger partial charge in [-0.2, -0.15) is 0 Å². The van der Waals surface area contributed by atoms with Gasteiger partial charge in [0.2, 0.25) is 0 Å². The van der Waals surface area contributed by atoms with Crippen LogP contribution >= 0.6 is 0 Å². The van der Waals surface area contributed by atoms with Crippen LogP contribution in [0.3, 0.4) is 0 Å². The number of carbonyl (C=O) groups excluding carboxylic acids is 1. The molecule has 0 bridgehead atoms. The standard InChI is InChI=1S/C19H30N2O3/c1-14(15-6-10-17(23-5)11-7-15)20-12-13-21(16-8-9-16)18(22)24-19(2,3)4/h6-7,10-11,14,16,20H,8-9,12-13H2,1-5H3. The predicted molar refractivity (Wildman–Crippen MR) is 95.4 cm³/mol. The normalized spacial score (nSPS) is 15.7. The Balaban J connectivity index is 1.82. The van der Waals surface area contributed by atoms with Crippen LogP contribution in [0, 0.1) is 0 Å². The highest BCUT2D eigenvalue weighted by atomic mass is 16.6. The molecule has 1 fully saturated rings. The fourth-order valence-corrected chi connectivity index (χ4v) is 2.54. The predicted octanol–water partition coefficient (Wildman–Crippen LogP) is 3.75. The van der Waals surface area contributed by atoms with E-state index in [9.17, 15) is 4.79 Å². The maximum Gasteiger partial charge on any atom is 0.410 e. The monoisotopic (exact) mass is 334 g/mol. The molecule has 0 heterocycles. The molecular weight excluding hydrogens is 304 g/mol. The molecule has 1 atom stereocenters. The molecule has 0 radical (unpaired) electrons. The highest BCUT2D eigenvalue weighted by molar-refractivity contribution is 5.69.